The SMILES string of the molecule is CCCCCCCCCCCCCCCCCCCCC(=O)OCC(COCCC(C(=O)O)[N+](C)(C)C)OC(=O)CCCCCCCCCCCCCCCCCC. The smallest absolute Gasteiger partial charge is 0.362 e. The molecule has 0 aliphatic rings. The van der Waals surface area contributed by atoms with Crippen LogP contribution in [0.4, 0.5) is 0 Å². The zero-order valence-corrected chi connectivity index (χ0v) is 39.3. The van der Waals surface area contributed by atoms with Crippen molar-refractivity contribution in [3.05, 3.63) is 0 Å². The van der Waals surface area contributed by atoms with Gasteiger partial charge in [0.25, 0.3) is 0 Å². The van der Waals surface area contributed by atoms with E-state index in [1.807, 2.05) is 21.1 Å². The quantitative estimate of drug-likeness (QED) is 0.0371. The molecule has 0 saturated heterocycles. The monoisotopic (exact) mass is 825 g/mol. The molecule has 0 rings (SSSR count). The third-order valence-corrected chi connectivity index (χ3v) is 11.8. The van der Waals surface area contributed by atoms with E-state index in [0.717, 1.165) is 38.5 Å². The van der Waals surface area contributed by atoms with E-state index in [4.69, 9.17) is 14.2 Å². The van der Waals surface area contributed by atoms with Crippen LogP contribution in [-0.2, 0) is 28.6 Å². The highest BCUT2D eigenvalue weighted by atomic mass is 16.6. The Morgan fingerprint density at radius 1 is 0.448 bits per heavy atom. The Hall–Kier alpha value is -1.67. The number of nitrogens with zero attached hydrogens (tertiary/aromatic N) is 1. The maximum absolute atomic E-state index is 12.8. The summed E-state index contributed by atoms with van der Waals surface area (Å²) >= 11 is 0. The number of carbonyl (C=O) groups excluding carboxylic acids is 2. The Bertz CT molecular complexity index is 920. The second-order valence-electron chi connectivity index (χ2n) is 18.4. The second kappa shape index (κ2) is 42.0. The van der Waals surface area contributed by atoms with Crippen molar-refractivity contribution in [2.24, 2.45) is 0 Å². The number of carboxylic acids is 1. The first-order valence-corrected chi connectivity index (χ1v) is 25.1. The van der Waals surface area contributed by atoms with Gasteiger partial charge in [0, 0.05) is 19.3 Å². The highest BCUT2D eigenvalue weighted by Gasteiger charge is 2.31. The third kappa shape index (κ3) is 39.8. The van der Waals surface area contributed by atoms with Gasteiger partial charge in [-0.25, -0.2) is 4.79 Å². The number of hydrogen-bond donors (Lipinski definition) is 1. The Morgan fingerprint density at radius 2 is 0.759 bits per heavy atom. The van der Waals surface area contributed by atoms with Crippen molar-refractivity contribution in [1.29, 1.82) is 0 Å². The van der Waals surface area contributed by atoms with E-state index >= 15 is 0 Å². The molecule has 0 aliphatic heterocycles. The van der Waals surface area contributed by atoms with Gasteiger partial charge in [0.05, 0.1) is 34.4 Å². The Morgan fingerprint density at radius 3 is 1.07 bits per heavy atom. The van der Waals surface area contributed by atoms with E-state index in [1.54, 1.807) is 0 Å². The van der Waals surface area contributed by atoms with Crippen LogP contribution in [0.15, 0.2) is 0 Å². The van der Waals surface area contributed by atoms with Crippen LogP contribution in [0.25, 0.3) is 0 Å². The van der Waals surface area contributed by atoms with Gasteiger partial charge in [-0.1, -0.05) is 219 Å². The van der Waals surface area contributed by atoms with Gasteiger partial charge in [-0.2, -0.15) is 0 Å². The van der Waals surface area contributed by atoms with Crippen molar-refractivity contribution in [3.63, 3.8) is 0 Å². The lowest BCUT2D eigenvalue weighted by Crippen LogP contribution is -2.50. The molecule has 0 aromatic heterocycles. The molecule has 0 aromatic carbocycles. The minimum absolute atomic E-state index is 0.0414. The van der Waals surface area contributed by atoms with Crippen molar-refractivity contribution in [2.45, 2.75) is 264 Å². The van der Waals surface area contributed by atoms with E-state index in [0.29, 0.717) is 19.3 Å². The van der Waals surface area contributed by atoms with Gasteiger partial charge in [-0.05, 0) is 12.8 Å². The van der Waals surface area contributed by atoms with Gasteiger partial charge in [-0.15, -0.1) is 0 Å². The van der Waals surface area contributed by atoms with E-state index in [1.165, 1.54) is 180 Å². The molecule has 0 aromatic rings. The van der Waals surface area contributed by atoms with Crippen molar-refractivity contribution in [3.8, 4) is 0 Å². The van der Waals surface area contributed by atoms with Gasteiger partial charge < -0.3 is 23.8 Å². The summed E-state index contributed by atoms with van der Waals surface area (Å²) in [7, 11) is 5.55. The van der Waals surface area contributed by atoms with Crippen LogP contribution in [0.3, 0.4) is 0 Å². The minimum Gasteiger partial charge on any atom is -0.477 e. The third-order valence-electron chi connectivity index (χ3n) is 11.8. The number of aliphatic carboxylic acids is 1. The Labute approximate surface area is 359 Å². The molecule has 8 heteroatoms. The van der Waals surface area contributed by atoms with E-state index in [9.17, 15) is 19.5 Å². The molecular weight excluding hydrogens is 727 g/mol. The van der Waals surface area contributed by atoms with Gasteiger partial charge >= 0.3 is 17.9 Å². The molecule has 0 saturated carbocycles. The largest absolute Gasteiger partial charge is 0.477 e. The zero-order valence-electron chi connectivity index (χ0n) is 39.3. The van der Waals surface area contributed by atoms with Crippen molar-refractivity contribution >= 4 is 17.9 Å². The summed E-state index contributed by atoms with van der Waals surface area (Å²) in [4.78, 5) is 37.1. The van der Waals surface area contributed by atoms with Crippen LogP contribution in [0.5, 0.6) is 0 Å². The second-order valence-corrected chi connectivity index (χ2v) is 18.4. The number of unbranched alkanes of at least 4 members (excludes halogenated alkanes) is 32. The minimum atomic E-state index is -0.869. The van der Waals surface area contributed by atoms with Crippen LogP contribution in [-0.4, -0.2) is 80.6 Å². The van der Waals surface area contributed by atoms with E-state index in [2.05, 4.69) is 13.8 Å². The van der Waals surface area contributed by atoms with Crippen LogP contribution in [0.2, 0.25) is 0 Å². The molecule has 0 spiro atoms. The predicted molar refractivity (Wildman–Crippen MR) is 243 cm³/mol. The van der Waals surface area contributed by atoms with Crippen molar-refractivity contribution in [2.75, 3.05) is 41.0 Å². The molecule has 0 bridgehead atoms. The van der Waals surface area contributed by atoms with E-state index in [-0.39, 0.29) is 36.2 Å². The van der Waals surface area contributed by atoms with Crippen LogP contribution in [0, 0.1) is 0 Å². The molecule has 0 amide bonds. The van der Waals surface area contributed by atoms with Crippen molar-refractivity contribution < 1.29 is 38.2 Å². The van der Waals surface area contributed by atoms with Gasteiger partial charge in [0.2, 0.25) is 0 Å². The summed E-state index contributed by atoms with van der Waals surface area (Å²) < 4.78 is 17.4. The lowest BCUT2D eigenvalue weighted by molar-refractivity contribution is -0.887. The van der Waals surface area contributed by atoms with Gasteiger partial charge in [-0.3, -0.25) is 9.59 Å². The maximum Gasteiger partial charge on any atom is 0.362 e. The predicted octanol–water partition coefficient (Wildman–Crippen LogP) is 14.1. The summed E-state index contributed by atoms with van der Waals surface area (Å²) in [6, 6.07) is -0.608. The van der Waals surface area contributed by atoms with Gasteiger partial charge in [0.15, 0.2) is 12.1 Å². The summed E-state index contributed by atoms with van der Waals surface area (Å²) in [6.07, 6.45) is 44.3. The fourth-order valence-electron chi connectivity index (χ4n) is 7.86. The number of hydrogen-bond acceptors (Lipinski definition) is 6. The standard InChI is InChI=1S/C50H97NO7/c1-6-8-10-12-14-16-18-20-22-24-25-27-28-30-32-34-36-38-40-48(52)57-45-46(44-56-43-42-47(50(54)55)51(3,4)5)58-49(53)41-39-37-35-33-31-29-26-23-21-19-17-15-13-11-9-7-2/h46-47H,6-45H2,1-5H3/p+1. The highest BCUT2D eigenvalue weighted by molar-refractivity contribution is 5.72. The number of ether oxygens (including phenoxy) is 3. The molecular formula is C50H98NO7+. The van der Waals surface area contributed by atoms with Crippen LogP contribution in [0.1, 0.15) is 251 Å². The number of likely N-dealkylation sites (N-methyl/N-ethyl adjacent to an activating group) is 1. The summed E-state index contributed by atoms with van der Waals surface area (Å²) in [5.74, 6) is -1.44. The number of carbonyl (C=O) groups is 3. The number of quaternary nitrogens is 1. The summed E-state index contributed by atoms with van der Waals surface area (Å²) in [5.41, 5.74) is 0. The molecule has 0 fully saturated rings. The lowest BCUT2D eigenvalue weighted by Gasteiger charge is -2.31. The Kier molecular flexibility index (Phi) is 40.8. The van der Waals surface area contributed by atoms with Crippen molar-refractivity contribution in [1.82, 2.24) is 0 Å². The molecule has 8 nitrogen and oxygen atoms in total. The fourth-order valence-corrected chi connectivity index (χ4v) is 7.86. The molecule has 0 radical (unpaired) electrons. The van der Waals surface area contributed by atoms with Crippen LogP contribution < -0.4 is 0 Å². The molecule has 2 unspecified atom stereocenters. The van der Waals surface area contributed by atoms with Gasteiger partial charge in [0.1, 0.15) is 6.61 Å². The molecule has 0 aliphatic carbocycles. The molecule has 0 heterocycles. The highest BCUT2D eigenvalue weighted by Crippen LogP contribution is 2.17. The summed E-state index contributed by atoms with van der Waals surface area (Å²) in [6.45, 7) is 4.79. The number of rotatable bonds is 46. The average Bonchev–Trinajstić information content (AvgIpc) is 3.18. The molecule has 58 heavy (non-hydrogen) atoms. The van der Waals surface area contributed by atoms with E-state index < -0.39 is 18.1 Å². The average molecular weight is 825 g/mol. The summed E-state index contributed by atoms with van der Waals surface area (Å²) in [5, 5.41) is 9.64. The molecule has 2 atom stereocenters. The topological polar surface area (TPSA) is 99.1 Å². The maximum atomic E-state index is 12.8. The number of esters is 2. The normalized spacial score (nSPS) is 12.8. The molecule has 344 valence electrons. The zero-order chi connectivity index (χ0) is 42.8. The lowest BCUT2D eigenvalue weighted by atomic mass is 10.0. The first-order chi connectivity index (χ1) is 28.1. The fraction of sp³-hybridized carbons (Fsp3) is 0.940. The van der Waals surface area contributed by atoms with Crippen LogP contribution >= 0.6 is 0 Å². The molecule has 1 N–H and O–H groups in total. The number of carboxylic acid groups (broad SMARTS) is 1. The first kappa shape index (κ1) is 56.3. The first-order valence-electron chi connectivity index (χ1n) is 25.1. The Balaban J connectivity index is 4.21.